The summed E-state index contributed by atoms with van der Waals surface area (Å²) in [5, 5.41) is 4.22. The highest BCUT2D eigenvalue weighted by Gasteiger charge is 2.33. The lowest BCUT2D eigenvalue weighted by Crippen LogP contribution is -2.16. The minimum atomic E-state index is 1.06. The number of fused-ring (bicyclic) bond motifs is 8. The molecule has 0 saturated carbocycles. The second kappa shape index (κ2) is 8.36. The molecular weight excluding hydrogens is 508 g/mol. The van der Waals surface area contributed by atoms with Crippen LogP contribution < -0.4 is 0 Å². The van der Waals surface area contributed by atoms with Gasteiger partial charge in [-0.1, -0.05) is 66.7 Å². The van der Waals surface area contributed by atoms with Gasteiger partial charge in [-0.05, 0) is 114 Å². The van der Waals surface area contributed by atoms with Crippen LogP contribution in [-0.4, -0.2) is 9.13 Å². The summed E-state index contributed by atoms with van der Waals surface area (Å²) in [6.45, 7) is 0. The maximum atomic E-state index is 2.61. The van der Waals surface area contributed by atoms with Gasteiger partial charge in [-0.2, -0.15) is 0 Å². The summed E-state index contributed by atoms with van der Waals surface area (Å²) in [4.78, 5) is 0. The van der Waals surface area contributed by atoms with Gasteiger partial charge < -0.3 is 9.13 Å². The second-order valence-electron chi connectivity index (χ2n) is 12.2. The Morgan fingerprint density at radius 3 is 1.81 bits per heavy atom. The van der Waals surface area contributed by atoms with E-state index in [1.807, 2.05) is 0 Å². The highest BCUT2D eigenvalue weighted by molar-refractivity contribution is 6.13. The van der Waals surface area contributed by atoms with Crippen molar-refractivity contribution in [1.82, 2.24) is 9.13 Å². The molecule has 42 heavy (non-hydrogen) atoms. The van der Waals surface area contributed by atoms with E-state index in [-0.39, 0.29) is 0 Å². The number of para-hydroxylation sites is 3. The molecule has 7 aromatic rings. The van der Waals surface area contributed by atoms with Crippen LogP contribution in [0.25, 0.3) is 61.3 Å². The highest BCUT2D eigenvalue weighted by Crippen LogP contribution is 2.51. The van der Waals surface area contributed by atoms with Crippen LogP contribution in [-0.2, 0) is 32.1 Å². The molecular formula is C40H30N2. The van der Waals surface area contributed by atoms with E-state index in [9.17, 15) is 0 Å². The SMILES string of the molecule is C1=Cc2c(n(-c3ccccc3)c3c4c5c(cc23)CCc2cc3c6ccccc6n(-c6ccccc6)c3c(c2-5)CC4)CC1. The van der Waals surface area contributed by atoms with Crippen molar-refractivity contribution in [2.75, 3.05) is 0 Å². The van der Waals surface area contributed by atoms with Gasteiger partial charge in [0.15, 0.2) is 0 Å². The predicted octanol–water partition coefficient (Wildman–Crippen LogP) is 9.55. The van der Waals surface area contributed by atoms with Crippen molar-refractivity contribution in [3.05, 3.63) is 137 Å². The lowest BCUT2D eigenvalue weighted by Gasteiger charge is -2.31. The summed E-state index contributed by atoms with van der Waals surface area (Å²) >= 11 is 0. The van der Waals surface area contributed by atoms with E-state index in [1.165, 1.54) is 77.6 Å². The Morgan fingerprint density at radius 2 is 1.10 bits per heavy atom. The van der Waals surface area contributed by atoms with Gasteiger partial charge in [0, 0.05) is 38.8 Å². The largest absolute Gasteiger partial charge is 0.313 e. The summed E-state index contributed by atoms with van der Waals surface area (Å²) in [6.07, 6.45) is 11.3. The van der Waals surface area contributed by atoms with Crippen LogP contribution >= 0.6 is 0 Å². The van der Waals surface area contributed by atoms with Gasteiger partial charge in [0.25, 0.3) is 0 Å². The van der Waals surface area contributed by atoms with E-state index in [4.69, 9.17) is 0 Å². The highest BCUT2D eigenvalue weighted by atomic mass is 15.0. The zero-order chi connectivity index (χ0) is 27.4. The molecule has 0 aliphatic heterocycles. The molecule has 3 aliphatic rings. The van der Waals surface area contributed by atoms with Gasteiger partial charge in [0.05, 0.1) is 16.6 Å². The van der Waals surface area contributed by atoms with Crippen molar-refractivity contribution in [2.24, 2.45) is 0 Å². The molecule has 0 bridgehead atoms. The molecule has 200 valence electrons. The van der Waals surface area contributed by atoms with Crippen molar-refractivity contribution >= 4 is 38.8 Å². The van der Waals surface area contributed by atoms with Crippen LogP contribution in [0.15, 0.2) is 103 Å². The molecule has 10 rings (SSSR count). The van der Waals surface area contributed by atoms with Gasteiger partial charge in [-0.3, -0.25) is 0 Å². The first-order valence-electron chi connectivity index (χ1n) is 15.4. The summed E-state index contributed by atoms with van der Waals surface area (Å²) in [7, 11) is 0. The van der Waals surface area contributed by atoms with Crippen LogP contribution in [0.2, 0.25) is 0 Å². The second-order valence-corrected chi connectivity index (χ2v) is 12.2. The number of aryl methyl sites for hydroxylation is 4. The normalized spacial score (nSPS) is 15.0. The fourth-order valence-electron chi connectivity index (χ4n) is 8.51. The van der Waals surface area contributed by atoms with Gasteiger partial charge in [0.2, 0.25) is 0 Å². The van der Waals surface area contributed by atoms with E-state index in [2.05, 4.69) is 118 Å². The van der Waals surface area contributed by atoms with Crippen molar-refractivity contribution in [1.29, 1.82) is 0 Å². The third-order valence-corrected chi connectivity index (χ3v) is 10.1. The molecule has 0 saturated heterocycles. The van der Waals surface area contributed by atoms with Crippen molar-refractivity contribution < 1.29 is 0 Å². The van der Waals surface area contributed by atoms with Crippen LogP contribution in [0.5, 0.6) is 0 Å². The molecule has 2 aromatic heterocycles. The minimum absolute atomic E-state index is 1.06. The molecule has 0 amide bonds. The topological polar surface area (TPSA) is 9.86 Å². The molecule has 2 heteroatoms. The maximum Gasteiger partial charge on any atom is 0.0579 e. The number of benzene rings is 5. The first-order chi connectivity index (χ1) is 20.9. The first-order valence-corrected chi connectivity index (χ1v) is 15.4. The van der Waals surface area contributed by atoms with Crippen LogP contribution in [0.4, 0.5) is 0 Å². The van der Waals surface area contributed by atoms with Gasteiger partial charge >= 0.3 is 0 Å². The fourth-order valence-corrected chi connectivity index (χ4v) is 8.51. The summed E-state index contributed by atoms with van der Waals surface area (Å²) in [5.74, 6) is 0. The third kappa shape index (κ3) is 2.89. The number of nitrogens with zero attached hydrogens (tertiary/aromatic N) is 2. The van der Waals surface area contributed by atoms with Crippen molar-refractivity contribution in [3.63, 3.8) is 0 Å². The maximum absolute atomic E-state index is 2.61. The van der Waals surface area contributed by atoms with Gasteiger partial charge in [-0.25, -0.2) is 0 Å². The quantitative estimate of drug-likeness (QED) is 0.207. The molecule has 0 fully saturated rings. The Labute approximate surface area is 245 Å². The number of hydrogen-bond acceptors (Lipinski definition) is 0. The Hall–Kier alpha value is -4.82. The van der Waals surface area contributed by atoms with Gasteiger partial charge in [-0.15, -0.1) is 0 Å². The number of hydrogen-bond donors (Lipinski definition) is 0. The van der Waals surface area contributed by atoms with Crippen molar-refractivity contribution in [3.8, 4) is 22.5 Å². The predicted molar refractivity (Wildman–Crippen MR) is 175 cm³/mol. The molecule has 0 atom stereocenters. The summed E-state index contributed by atoms with van der Waals surface area (Å²) in [5.41, 5.74) is 18.8. The van der Waals surface area contributed by atoms with E-state index in [1.54, 1.807) is 11.1 Å². The number of aromatic nitrogens is 2. The average molecular weight is 539 g/mol. The van der Waals surface area contributed by atoms with E-state index in [0.29, 0.717) is 0 Å². The molecule has 5 aromatic carbocycles. The lowest BCUT2D eigenvalue weighted by molar-refractivity contribution is 0.867. The number of rotatable bonds is 2. The lowest BCUT2D eigenvalue weighted by atomic mass is 9.74. The Balaban J connectivity index is 1.35. The zero-order valence-corrected chi connectivity index (χ0v) is 23.5. The molecule has 2 nitrogen and oxygen atoms in total. The van der Waals surface area contributed by atoms with Crippen LogP contribution in [0, 0.1) is 0 Å². The summed E-state index contributed by atoms with van der Waals surface area (Å²) < 4.78 is 5.15. The molecule has 3 aliphatic carbocycles. The standard InChI is InChI=1S/C40H30N2/c1-3-11-27(12-4-1)41-35-17-9-7-15-29(35)33-23-25-19-20-26-24-34-30-16-8-10-18-36(30)42(28-13-5-2-6-14-28)40(34)32-22-21-31(39(33)41)37(25)38(26)32/h1-9,11-17,23-24H,10,18-22H2. The fraction of sp³-hybridized carbons (Fsp3) is 0.150. The Bertz CT molecular complexity index is 2280. The molecule has 0 spiro atoms. The smallest absolute Gasteiger partial charge is 0.0579 e. The van der Waals surface area contributed by atoms with E-state index < -0.39 is 0 Å². The van der Waals surface area contributed by atoms with Crippen molar-refractivity contribution in [2.45, 2.75) is 38.5 Å². The first kappa shape index (κ1) is 22.8. The van der Waals surface area contributed by atoms with Gasteiger partial charge in [0.1, 0.15) is 0 Å². The van der Waals surface area contributed by atoms with E-state index >= 15 is 0 Å². The third-order valence-electron chi connectivity index (χ3n) is 10.1. The molecule has 0 N–H and O–H groups in total. The van der Waals surface area contributed by atoms with Crippen LogP contribution in [0.3, 0.4) is 0 Å². The van der Waals surface area contributed by atoms with Crippen LogP contribution in [0.1, 0.15) is 39.9 Å². The molecule has 0 radical (unpaired) electrons. The monoisotopic (exact) mass is 538 g/mol. The zero-order valence-electron chi connectivity index (χ0n) is 23.5. The Morgan fingerprint density at radius 1 is 0.500 bits per heavy atom. The van der Waals surface area contributed by atoms with E-state index in [0.717, 1.165) is 38.5 Å². The number of allylic oxidation sites excluding steroid dienone is 1. The Kier molecular flexibility index (Phi) is 4.54. The molecule has 0 unspecified atom stereocenters. The minimum Gasteiger partial charge on any atom is -0.313 e. The molecule has 2 heterocycles. The summed E-state index contributed by atoms with van der Waals surface area (Å²) in [6, 6.07) is 36.1. The average Bonchev–Trinajstić information content (AvgIpc) is 3.57.